The molecule has 5 nitrogen and oxygen atoms in total. The van der Waals surface area contributed by atoms with E-state index in [1.54, 1.807) is 0 Å². The number of aromatic amines is 1. The Morgan fingerprint density at radius 2 is 2.14 bits per heavy atom. The molecule has 110 valence electrons. The van der Waals surface area contributed by atoms with E-state index in [-0.39, 0.29) is 5.82 Å². The first kappa shape index (κ1) is 14.0. The number of aryl methyl sites for hydroxylation is 1. The highest BCUT2D eigenvalue weighted by Crippen LogP contribution is 2.35. The van der Waals surface area contributed by atoms with E-state index in [1.807, 2.05) is 32.0 Å². The van der Waals surface area contributed by atoms with Crippen molar-refractivity contribution >= 4 is 27.4 Å². The van der Waals surface area contributed by atoms with E-state index in [9.17, 15) is 4.39 Å². The van der Waals surface area contributed by atoms with E-state index >= 15 is 0 Å². The van der Waals surface area contributed by atoms with Crippen LogP contribution in [0.3, 0.4) is 0 Å². The van der Waals surface area contributed by atoms with Crippen LogP contribution in [0.25, 0.3) is 20.8 Å². The first-order valence-corrected chi connectivity index (χ1v) is 7.32. The fourth-order valence-electron chi connectivity index (χ4n) is 2.28. The maximum Gasteiger partial charge on any atom is 0.155 e. The Morgan fingerprint density at radius 1 is 1.38 bits per heavy atom. The zero-order valence-corrected chi connectivity index (χ0v) is 12.9. The van der Waals surface area contributed by atoms with Gasteiger partial charge in [-0.25, -0.2) is 9.37 Å². The number of hydrogen-bond acceptors (Lipinski definition) is 5. The molecule has 0 atom stereocenters. The quantitative estimate of drug-likeness (QED) is 0.780. The predicted octanol–water partition coefficient (Wildman–Crippen LogP) is 2.78. The van der Waals surface area contributed by atoms with Crippen LogP contribution in [0.2, 0.25) is 0 Å². The summed E-state index contributed by atoms with van der Waals surface area (Å²) in [5.74, 6) is 0.186. The van der Waals surface area contributed by atoms with Crippen LogP contribution in [0, 0.1) is 12.7 Å². The number of nitrogens with one attached hydrogen (secondary N) is 1. The summed E-state index contributed by atoms with van der Waals surface area (Å²) in [6, 6.07) is 3.34. The first-order chi connectivity index (χ1) is 9.95. The Bertz CT molecular complexity index is 786. The van der Waals surface area contributed by atoms with Gasteiger partial charge in [0.05, 0.1) is 15.8 Å². The molecule has 0 radical (unpaired) electrons. The third-order valence-corrected chi connectivity index (χ3v) is 4.27. The molecule has 0 aliphatic rings. The smallest absolute Gasteiger partial charge is 0.155 e. The number of nitrogens with two attached hydrogens (primary N) is 1. The van der Waals surface area contributed by atoms with Gasteiger partial charge in [0, 0.05) is 23.9 Å². The number of fused-ring (bicyclic) bond motifs is 1. The topological polar surface area (TPSA) is 70.8 Å². The van der Waals surface area contributed by atoms with Crippen molar-refractivity contribution in [2.24, 2.45) is 0 Å². The zero-order chi connectivity index (χ0) is 15.1. The molecule has 2 aromatic heterocycles. The summed E-state index contributed by atoms with van der Waals surface area (Å²) in [6.45, 7) is 2.45. The Hall–Kier alpha value is -1.99. The molecule has 0 saturated carbocycles. The molecule has 3 N–H and O–H groups in total. The number of H-pyrrole nitrogens is 1. The summed E-state index contributed by atoms with van der Waals surface area (Å²) >= 11 is 1.50. The number of nitrogens with zero attached hydrogens (tertiary/aromatic N) is 3. The van der Waals surface area contributed by atoms with Gasteiger partial charge in [0.1, 0.15) is 10.8 Å². The molecular formula is C14H16FN5S. The highest BCUT2D eigenvalue weighted by atomic mass is 32.1. The monoisotopic (exact) mass is 305 g/mol. The highest BCUT2D eigenvalue weighted by molar-refractivity contribution is 7.21. The van der Waals surface area contributed by atoms with Gasteiger partial charge in [0.2, 0.25) is 0 Å². The molecule has 0 spiro atoms. The van der Waals surface area contributed by atoms with Gasteiger partial charge in [0.15, 0.2) is 5.82 Å². The van der Waals surface area contributed by atoms with Crippen molar-refractivity contribution in [3.05, 3.63) is 29.2 Å². The van der Waals surface area contributed by atoms with Crippen LogP contribution >= 0.6 is 11.3 Å². The fourth-order valence-corrected chi connectivity index (χ4v) is 3.40. The Labute approximate surface area is 125 Å². The molecular weight excluding hydrogens is 289 g/mol. The number of rotatable bonds is 3. The molecule has 0 unspecified atom stereocenters. The van der Waals surface area contributed by atoms with Gasteiger partial charge in [-0.2, -0.15) is 5.10 Å². The number of thiazole rings is 1. The number of aromatic nitrogens is 3. The van der Waals surface area contributed by atoms with Gasteiger partial charge < -0.3 is 10.6 Å². The van der Waals surface area contributed by atoms with Crippen molar-refractivity contribution in [2.45, 2.75) is 13.5 Å². The molecule has 3 aromatic rings. The van der Waals surface area contributed by atoms with Gasteiger partial charge in [-0.3, -0.25) is 5.10 Å². The maximum absolute atomic E-state index is 14.1. The van der Waals surface area contributed by atoms with E-state index in [0.29, 0.717) is 23.4 Å². The third kappa shape index (κ3) is 2.50. The molecule has 0 saturated heterocycles. The summed E-state index contributed by atoms with van der Waals surface area (Å²) < 4.78 is 15.0. The van der Waals surface area contributed by atoms with E-state index < -0.39 is 0 Å². The normalized spacial score (nSPS) is 11.7. The van der Waals surface area contributed by atoms with E-state index in [2.05, 4.69) is 15.2 Å². The highest BCUT2D eigenvalue weighted by Gasteiger charge is 2.16. The minimum atomic E-state index is -0.232. The summed E-state index contributed by atoms with van der Waals surface area (Å²) in [7, 11) is 3.83. The number of anilines is 1. The van der Waals surface area contributed by atoms with E-state index in [4.69, 9.17) is 5.73 Å². The molecule has 0 bridgehead atoms. The lowest BCUT2D eigenvalue weighted by atomic mass is 10.2. The molecule has 7 heteroatoms. The summed E-state index contributed by atoms with van der Waals surface area (Å²) in [5, 5.41) is 7.57. The second-order valence-electron chi connectivity index (χ2n) is 5.28. The van der Waals surface area contributed by atoms with E-state index in [0.717, 1.165) is 21.0 Å². The fraction of sp³-hybridized carbons (Fsp3) is 0.286. The van der Waals surface area contributed by atoms with Crippen molar-refractivity contribution in [2.75, 3.05) is 19.8 Å². The third-order valence-electron chi connectivity index (χ3n) is 3.23. The lowest BCUT2D eigenvalue weighted by Crippen LogP contribution is -2.11. The lowest BCUT2D eigenvalue weighted by molar-refractivity contribution is 0.393. The van der Waals surface area contributed by atoms with Gasteiger partial charge >= 0.3 is 0 Å². The molecule has 3 rings (SSSR count). The van der Waals surface area contributed by atoms with Crippen molar-refractivity contribution in [3.63, 3.8) is 0 Å². The standard InChI is InChI=1S/C14H16FN5S/c1-7-12(13(16)19-18-7)14-17-10-5-9(15)8(6-20(2)3)4-11(10)21-14/h4-5H,6H2,1-3H3,(H3,16,18,19). The first-order valence-electron chi connectivity index (χ1n) is 6.50. The molecule has 0 amide bonds. The minimum Gasteiger partial charge on any atom is -0.382 e. The maximum atomic E-state index is 14.1. The minimum absolute atomic E-state index is 0.232. The van der Waals surface area contributed by atoms with Crippen LogP contribution in [-0.4, -0.2) is 34.2 Å². The Balaban J connectivity index is 2.12. The zero-order valence-electron chi connectivity index (χ0n) is 12.1. The molecule has 0 fully saturated rings. The number of hydrogen-bond donors (Lipinski definition) is 2. The average Bonchev–Trinajstić information content (AvgIpc) is 2.92. The van der Waals surface area contributed by atoms with Crippen LogP contribution in [0.1, 0.15) is 11.3 Å². The van der Waals surface area contributed by atoms with E-state index in [1.165, 1.54) is 17.4 Å². The molecule has 21 heavy (non-hydrogen) atoms. The predicted molar refractivity (Wildman–Crippen MR) is 83.7 cm³/mol. The lowest BCUT2D eigenvalue weighted by Gasteiger charge is -2.10. The Morgan fingerprint density at radius 3 is 2.76 bits per heavy atom. The van der Waals surface area contributed by atoms with Gasteiger partial charge in [-0.15, -0.1) is 11.3 Å². The molecule has 2 heterocycles. The van der Waals surface area contributed by atoms with Crippen molar-refractivity contribution in [3.8, 4) is 10.6 Å². The van der Waals surface area contributed by atoms with Crippen LogP contribution in [0.15, 0.2) is 12.1 Å². The number of halogens is 1. The molecule has 0 aliphatic carbocycles. The van der Waals surface area contributed by atoms with Crippen LogP contribution < -0.4 is 5.73 Å². The van der Waals surface area contributed by atoms with Gasteiger partial charge in [-0.05, 0) is 27.1 Å². The summed E-state index contributed by atoms with van der Waals surface area (Å²) in [4.78, 5) is 6.42. The number of nitrogen functional groups attached to an aromatic ring is 1. The second kappa shape index (κ2) is 5.09. The summed E-state index contributed by atoms with van der Waals surface area (Å²) in [6.07, 6.45) is 0. The van der Waals surface area contributed by atoms with Crippen molar-refractivity contribution in [1.29, 1.82) is 0 Å². The Kier molecular flexibility index (Phi) is 3.38. The second-order valence-corrected chi connectivity index (χ2v) is 6.31. The van der Waals surface area contributed by atoms with Crippen LogP contribution in [0.4, 0.5) is 10.2 Å². The largest absolute Gasteiger partial charge is 0.382 e. The number of benzene rings is 1. The molecule has 0 aliphatic heterocycles. The van der Waals surface area contributed by atoms with Crippen molar-refractivity contribution < 1.29 is 4.39 Å². The van der Waals surface area contributed by atoms with Crippen LogP contribution in [0.5, 0.6) is 0 Å². The average molecular weight is 305 g/mol. The van der Waals surface area contributed by atoms with Crippen LogP contribution in [-0.2, 0) is 6.54 Å². The van der Waals surface area contributed by atoms with Crippen molar-refractivity contribution in [1.82, 2.24) is 20.1 Å². The van der Waals surface area contributed by atoms with Gasteiger partial charge in [-0.1, -0.05) is 0 Å². The van der Waals surface area contributed by atoms with Gasteiger partial charge in [0.25, 0.3) is 0 Å². The molecule has 1 aromatic carbocycles. The summed E-state index contributed by atoms with van der Waals surface area (Å²) in [5.41, 5.74) is 8.84. The SMILES string of the molecule is Cc1[nH]nc(N)c1-c1nc2cc(F)c(CN(C)C)cc2s1.